The molecule has 0 unspecified atom stereocenters. The van der Waals surface area contributed by atoms with Crippen LogP contribution in [0.25, 0.3) is 0 Å². The number of nitrogens with one attached hydrogen (secondary N) is 1. The van der Waals surface area contributed by atoms with Gasteiger partial charge in [-0.25, -0.2) is 0 Å². The summed E-state index contributed by atoms with van der Waals surface area (Å²) in [6.07, 6.45) is 10.8. The monoisotopic (exact) mass is 259 g/mol. The molecule has 0 aromatic carbocycles. The molecule has 0 radical (unpaired) electrons. The summed E-state index contributed by atoms with van der Waals surface area (Å²) < 4.78 is 5.77. The standard InChI is InChI=1S/C14H29NOS/c17-12-10-15-9-5-2-6-11-16-13-14-7-3-1-4-8-14/h14-15,17H,1-13H2. The summed E-state index contributed by atoms with van der Waals surface area (Å²) in [7, 11) is 0. The molecule has 1 N–H and O–H groups in total. The van der Waals surface area contributed by atoms with E-state index in [1.165, 1.54) is 51.4 Å². The number of thiol groups is 1. The molecule has 0 aromatic heterocycles. The molecular formula is C14H29NOS. The minimum absolute atomic E-state index is 0.862. The van der Waals surface area contributed by atoms with Gasteiger partial charge in [-0.3, -0.25) is 0 Å². The predicted molar refractivity (Wildman–Crippen MR) is 78.0 cm³/mol. The highest BCUT2D eigenvalue weighted by molar-refractivity contribution is 7.80. The molecule has 17 heavy (non-hydrogen) atoms. The SMILES string of the molecule is SCCNCCCCCOCC1CCCCC1. The second-order valence-corrected chi connectivity index (χ2v) is 5.56. The van der Waals surface area contributed by atoms with Crippen molar-refractivity contribution in [3.05, 3.63) is 0 Å². The third-order valence-corrected chi connectivity index (χ3v) is 3.73. The number of rotatable bonds is 10. The molecule has 1 aliphatic carbocycles. The van der Waals surface area contributed by atoms with Crippen LogP contribution in [0.15, 0.2) is 0 Å². The Balaban J connectivity index is 1.75. The van der Waals surface area contributed by atoms with Crippen molar-refractivity contribution < 1.29 is 4.74 Å². The van der Waals surface area contributed by atoms with Crippen LogP contribution in [-0.4, -0.2) is 32.1 Å². The Morgan fingerprint density at radius 1 is 1.00 bits per heavy atom. The molecule has 0 atom stereocenters. The summed E-state index contributed by atoms with van der Waals surface area (Å²) in [5.74, 6) is 1.80. The first-order valence-electron chi connectivity index (χ1n) is 7.33. The number of ether oxygens (including phenoxy) is 1. The van der Waals surface area contributed by atoms with E-state index in [2.05, 4.69) is 17.9 Å². The van der Waals surface area contributed by atoms with E-state index in [-0.39, 0.29) is 0 Å². The molecule has 1 saturated carbocycles. The van der Waals surface area contributed by atoms with Crippen LogP contribution in [0.2, 0.25) is 0 Å². The van der Waals surface area contributed by atoms with Crippen LogP contribution < -0.4 is 5.32 Å². The Kier molecular flexibility index (Phi) is 10.2. The van der Waals surface area contributed by atoms with Crippen molar-refractivity contribution in [2.45, 2.75) is 51.4 Å². The van der Waals surface area contributed by atoms with E-state index in [1.807, 2.05) is 0 Å². The van der Waals surface area contributed by atoms with Crippen LogP contribution in [0, 0.1) is 5.92 Å². The summed E-state index contributed by atoms with van der Waals surface area (Å²) in [5, 5.41) is 3.36. The van der Waals surface area contributed by atoms with Gasteiger partial charge in [0.15, 0.2) is 0 Å². The van der Waals surface area contributed by atoms with E-state index in [0.29, 0.717) is 0 Å². The Morgan fingerprint density at radius 3 is 2.59 bits per heavy atom. The smallest absolute Gasteiger partial charge is 0.0494 e. The highest BCUT2D eigenvalue weighted by atomic mass is 32.1. The van der Waals surface area contributed by atoms with Gasteiger partial charge in [0.25, 0.3) is 0 Å². The lowest BCUT2D eigenvalue weighted by Crippen LogP contribution is -2.17. The van der Waals surface area contributed by atoms with Crippen molar-refractivity contribution in [3.8, 4) is 0 Å². The van der Waals surface area contributed by atoms with E-state index in [9.17, 15) is 0 Å². The highest BCUT2D eigenvalue weighted by Crippen LogP contribution is 2.23. The van der Waals surface area contributed by atoms with Gasteiger partial charge in [0, 0.05) is 25.5 Å². The third kappa shape index (κ3) is 8.92. The van der Waals surface area contributed by atoms with Crippen molar-refractivity contribution in [2.24, 2.45) is 5.92 Å². The van der Waals surface area contributed by atoms with Gasteiger partial charge in [-0.15, -0.1) is 0 Å². The molecule has 0 bridgehead atoms. The van der Waals surface area contributed by atoms with E-state index >= 15 is 0 Å². The average Bonchev–Trinajstić information content (AvgIpc) is 2.38. The van der Waals surface area contributed by atoms with Gasteiger partial charge < -0.3 is 10.1 Å². The van der Waals surface area contributed by atoms with Crippen molar-refractivity contribution in [3.63, 3.8) is 0 Å². The summed E-state index contributed by atoms with van der Waals surface area (Å²) in [6.45, 7) is 4.13. The maximum Gasteiger partial charge on any atom is 0.0494 e. The lowest BCUT2D eigenvalue weighted by atomic mass is 9.90. The molecule has 3 heteroatoms. The van der Waals surface area contributed by atoms with Gasteiger partial charge in [-0.1, -0.05) is 19.3 Å². The molecule has 0 aliphatic heterocycles. The lowest BCUT2D eigenvalue weighted by molar-refractivity contribution is 0.0825. The fourth-order valence-electron chi connectivity index (χ4n) is 2.44. The van der Waals surface area contributed by atoms with Crippen LogP contribution in [0.1, 0.15) is 51.4 Å². The fraction of sp³-hybridized carbons (Fsp3) is 1.00. The zero-order valence-corrected chi connectivity index (χ0v) is 12.0. The molecule has 1 aliphatic rings. The Hall–Kier alpha value is 0.270. The summed E-state index contributed by atoms with van der Waals surface area (Å²) >= 11 is 4.16. The first-order chi connectivity index (χ1) is 8.43. The number of hydrogen-bond donors (Lipinski definition) is 2. The van der Waals surface area contributed by atoms with Crippen molar-refractivity contribution in [1.82, 2.24) is 5.32 Å². The van der Waals surface area contributed by atoms with Gasteiger partial charge in [-0.05, 0) is 44.6 Å². The Bertz CT molecular complexity index is 160. The molecule has 0 aromatic rings. The minimum Gasteiger partial charge on any atom is -0.381 e. The molecule has 1 fully saturated rings. The Morgan fingerprint density at radius 2 is 1.82 bits per heavy atom. The molecule has 1 rings (SSSR count). The van der Waals surface area contributed by atoms with Gasteiger partial charge >= 0.3 is 0 Å². The summed E-state index contributed by atoms with van der Waals surface area (Å²) in [4.78, 5) is 0. The van der Waals surface area contributed by atoms with Gasteiger partial charge in [-0.2, -0.15) is 12.6 Å². The maximum absolute atomic E-state index is 5.77. The molecule has 2 nitrogen and oxygen atoms in total. The zero-order chi connectivity index (χ0) is 12.2. The molecule has 0 saturated heterocycles. The van der Waals surface area contributed by atoms with Crippen molar-refractivity contribution in [1.29, 1.82) is 0 Å². The Labute approximate surface area is 112 Å². The van der Waals surface area contributed by atoms with E-state index < -0.39 is 0 Å². The maximum atomic E-state index is 5.77. The fourth-order valence-corrected chi connectivity index (χ4v) is 2.60. The van der Waals surface area contributed by atoms with Crippen molar-refractivity contribution >= 4 is 12.6 Å². The first-order valence-corrected chi connectivity index (χ1v) is 7.96. The molecule has 0 amide bonds. The van der Waals surface area contributed by atoms with Crippen molar-refractivity contribution in [2.75, 3.05) is 32.1 Å². The molecule has 102 valence electrons. The molecular weight excluding hydrogens is 230 g/mol. The van der Waals surface area contributed by atoms with Crippen LogP contribution in [-0.2, 0) is 4.74 Å². The van der Waals surface area contributed by atoms with Gasteiger partial charge in [0.2, 0.25) is 0 Å². The van der Waals surface area contributed by atoms with E-state index in [4.69, 9.17) is 4.74 Å². The predicted octanol–water partition coefficient (Wildman–Crippen LogP) is 3.27. The molecule has 0 heterocycles. The number of hydrogen-bond acceptors (Lipinski definition) is 3. The van der Waals surface area contributed by atoms with Crippen LogP contribution in [0.4, 0.5) is 0 Å². The van der Waals surface area contributed by atoms with Crippen LogP contribution in [0.5, 0.6) is 0 Å². The minimum atomic E-state index is 0.862. The van der Waals surface area contributed by atoms with Gasteiger partial charge in [0.1, 0.15) is 0 Å². The summed E-state index contributed by atoms with van der Waals surface area (Å²) in [5.41, 5.74) is 0. The second kappa shape index (κ2) is 11.4. The second-order valence-electron chi connectivity index (χ2n) is 5.11. The quantitative estimate of drug-likeness (QED) is 0.464. The molecule has 0 spiro atoms. The normalized spacial score (nSPS) is 17.5. The topological polar surface area (TPSA) is 21.3 Å². The summed E-state index contributed by atoms with van der Waals surface area (Å²) in [6, 6.07) is 0. The highest BCUT2D eigenvalue weighted by Gasteiger charge is 2.12. The largest absolute Gasteiger partial charge is 0.381 e. The average molecular weight is 259 g/mol. The zero-order valence-electron chi connectivity index (χ0n) is 11.1. The van der Waals surface area contributed by atoms with Gasteiger partial charge in [0.05, 0.1) is 0 Å². The first kappa shape index (κ1) is 15.3. The van der Waals surface area contributed by atoms with Crippen LogP contribution in [0.3, 0.4) is 0 Å². The number of unbranched alkanes of at least 4 members (excludes halogenated alkanes) is 2. The van der Waals surface area contributed by atoms with E-state index in [1.54, 1.807) is 0 Å². The third-order valence-electron chi connectivity index (χ3n) is 3.51. The van der Waals surface area contributed by atoms with E-state index in [0.717, 1.165) is 38.0 Å². The lowest BCUT2D eigenvalue weighted by Gasteiger charge is -2.21. The van der Waals surface area contributed by atoms with Crippen LogP contribution >= 0.6 is 12.6 Å².